The standard InChI is InChI=1S/C18H21NOS/c1-11-5-7-16-14(8-11)10-17(21-16)18(20)19-15-9-12(2)4-6-13(15)3/h4,6,9-11H,5,7-8H2,1-3H3,(H,19,20). The second-order valence-corrected chi connectivity index (χ2v) is 7.32. The lowest BCUT2D eigenvalue weighted by Crippen LogP contribution is -2.11. The Morgan fingerprint density at radius 3 is 2.90 bits per heavy atom. The fraction of sp³-hybridized carbons (Fsp3) is 0.389. The average molecular weight is 299 g/mol. The summed E-state index contributed by atoms with van der Waals surface area (Å²) in [4.78, 5) is 14.7. The molecule has 0 bridgehead atoms. The Kier molecular flexibility index (Phi) is 3.85. The van der Waals surface area contributed by atoms with Crippen molar-refractivity contribution in [3.05, 3.63) is 50.7 Å². The Morgan fingerprint density at radius 2 is 2.10 bits per heavy atom. The smallest absolute Gasteiger partial charge is 0.265 e. The van der Waals surface area contributed by atoms with Gasteiger partial charge in [-0.2, -0.15) is 0 Å². The Bertz CT molecular complexity index is 687. The van der Waals surface area contributed by atoms with Gasteiger partial charge in [-0.1, -0.05) is 19.1 Å². The van der Waals surface area contributed by atoms with E-state index in [1.54, 1.807) is 11.3 Å². The highest BCUT2D eigenvalue weighted by Gasteiger charge is 2.20. The molecular formula is C18H21NOS. The van der Waals surface area contributed by atoms with Gasteiger partial charge in [0.25, 0.3) is 5.91 Å². The van der Waals surface area contributed by atoms with Crippen LogP contribution in [0.2, 0.25) is 0 Å². The van der Waals surface area contributed by atoms with Crippen LogP contribution in [-0.4, -0.2) is 5.91 Å². The molecule has 1 aliphatic rings. The molecule has 0 spiro atoms. The molecule has 21 heavy (non-hydrogen) atoms. The summed E-state index contributed by atoms with van der Waals surface area (Å²) in [6.45, 7) is 6.35. The van der Waals surface area contributed by atoms with Gasteiger partial charge in [0, 0.05) is 10.6 Å². The van der Waals surface area contributed by atoms with E-state index in [4.69, 9.17) is 0 Å². The van der Waals surface area contributed by atoms with Crippen molar-refractivity contribution >= 4 is 22.9 Å². The third kappa shape index (κ3) is 3.03. The lowest BCUT2D eigenvalue weighted by atomic mass is 9.90. The van der Waals surface area contributed by atoms with Gasteiger partial charge in [0.1, 0.15) is 0 Å². The summed E-state index contributed by atoms with van der Waals surface area (Å²) in [5.74, 6) is 0.762. The van der Waals surface area contributed by atoms with Gasteiger partial charge < -0.3 is 5.32 Å². The predicted molar refractivity (Wildman–Crippen MR) is 89.4 cm³/mol. The van der Waals surface area contributed by atoms with Gasteiger partial charge in [-0.25, -0.2) is 0 Å². The number of hydrogen-bond donors (Lipinski definition) is 1. The Balaban J connectivity index is 1.81. The van der Waals surface area contributed by atoms with Crippen LogP contribution >= 0.6 is 11.3 Å². The summed E-state index contributed by atoms with van der Waals surface area (Å²) in [5.41, 5.74) is 4.56. The van der Waals surface area contributed by atoms with Crippen LogP contribution in [0.3, 0.4) is 0 Å². The van der Waals surface area contributed by atoms with Crippen molar-refractivity contribution in [2.75, 3.05) is 5.32 Å². The first-order chi connectivity index (χ1) is 10.0. The molecule has 1 aliphatic carbocycles. The third-order valence-corrected chi connectivity index (χ3v) is 5.43. The van der Waals surface area contributed by atoms with E-state index in [9.17, 15) is 4.79 Å². The van der Waals surface area contributed by atoms with E-state index in [2.05, 4.69) is 24.4 Å². The zero-order valence-corrected chi connectivity index (χ0v) is 13.6. The number of hydrogen-bond acceptors (Lipinski definition) is 2. The quantitative estimate of drug-likeness (QED) is 0.852. The Labute approximate surface area is 130 Å². The molecule has 2 aromatic rings. The van der Waals surface area contributed by atoms with E-state index in [-0.39, 0.29) is 5.91 Å². The molecule has 1 amide bonds. The number of aryl methyl sites for hydroxylation is 3. The number of amides is 1. The van der Waals surface area contributed by atoms with Crippen molar-refractivity contribution in [2.45, 2.75) is 40.0 Å². The van der Waals surface area contributed by atoms with Gasteiger partial charge >= 0.3 is 0 Å². The molecule has 110 valence electrons. The summed E-state index contributed by atoms with van der Waals surface area (Å²) in [6.07, 6.45) is 3.48. The third-order valence-electron chi connectivity index (χ3n) is 4.19. The van der Waals surface area contributed by atoms with E-state index in [1.165, 1.54) is 16.9 Å². The highest BCUT2D eigenvalue weighted by Crippen LogP contribution is 2.32. The molecule has 0 saturated heterocycles. The minimum atomic E-state index is 0.0238. The second-order valence-electron chi connectivity index (χ2n) is 6.18. The van der Waals surface area contributed by atoms with Crippen LogP contribution in [0.5, 0.6) is 0 Å². The van der Waals surface area contributed by atoms with E-state index in [0.717, 1.165) is 40.5 Å². The highest BCUT2D eigenvalue weighted by molar-refractivity contribution is 7.14. The molecule has 1 atom stereocenters. The Hall–Kier alpha value is -1.61. The number of benzene rings is 1. The van der Waals surface area contributed by atoms with Crippen molar-refractivity contribution in [1.29, 1.82) is 0 Å². The molecule has 1 heterocycles. The SMILES string of the molecule is Cc1ccc(C)c(NC(=O)c2cc3c(s2)CCC(C)C3)c1. The summed E-state index contributed by atoms with van der Waals surface area (Å²) >= 11 is 1.66. The minimum absolute atomic E-state index is 0.0238. The molecule has 1 aromatic carbocycles. The lowest BCUT2D eigenvalue weighted by molar-refractivity contribution is 0.103. The second kappa shape index (κ2) is 5.64. The summed E-state index contributed by atoms with van der Waals surface area (Å²) in [6, 6.07) is 8.24. The lowest BCUT2D eigenvalue weighted by Gasteiger charge is -2.16. The van der Waals surface area contributed by atoms with Crippen molar-refractivity contribution < 1.29 is 4.79 Å². The molecule has 3 rings (SSSR count). The maximum Gasteiger partial charge on any atom is 0.265 e. The van der Waals surface area contributed by atoms with Crippen LogP contribution in [0.1, 0.15) is 44.6 Å². The van der Waals surface area contributed by atoms with Crippen LogP contribution in [0.15, 0.2) is 24.3 Å². The number of fused-ring (bicyclic) bond motifs is 1. The molecular weight excluding hydrogens is 278 g/mol. The predicted octanol–water partition coefficient (Wildman–Crippen LogP) is 4.74. The summed E-state index contributed by atoms with van der Waals surface area (Å²) in [5, 5.41) is 3.06. The molecule has 3 heteroatoms. The van der Waals surface area contributed by atoms with Gasteiger partial charge in [0.05, 0.1) is 4.88 Å². The Morgan fingerprint density at radius 1 is 1.29 bits per heavy atom. The normalized spacial score (nSPS) is 17.4. The molecule has 0 radical (unpaired) electrons. The van der Waals surface area contributed by atoms with Crippen LogP contribution < -0.4 is 5.32 Å². The van der Waals surface area contributed by atoms with Crippen molar-refractivity contribution in [3.63, 3.8) is 0 Å². The number of nitrogens with one attached hydrogen (secondary N) is 1. The van der Waals surface area contributed by atoms with Crippen LogP contribution in [0, 0.1) is 19.8 Å². The molecule has 0 aliphatic heterocycles. The highest BCUT2D eigenvalue weighted by atomic mass is 32.1. The average Bonchev–Trinajstić information content (AvgIpc) is 2.86. The number of carbonyl (C=O) groups excluding carboxylic acids is 1. The number of anilines is 1. The van der Waals surface area contributed by atoms with E-state index < -0.39 is 0 Å². The number of thiophene rings is 1. The summed E-state index contributed by atoms with van der Waals surface area (Å²) in [7, 11) is 0. The monoisotopic (exact) mass is 299 g/mol. The van der Waals surface area contributed by atoms with Crippen molar-refractivity contribution in [1.82, 2.24) is 0 Å². The zero-order valence-electron chi connectivity index (χ0n) is 12.8. The topological polar surface area (TPSA) is 29.1 Å². The first-order valence-corrected chi connectivity index (χ1v) is 8.35. The van der Waals surface area contributed by atoms with E-state index in [1.807, 2.05) is 26.0 Å². The molecule has 1 unspecified atom stereocenters. The van der Waals surface area contributed by atoms with E-state index in [0.29, 0.717) is 0 Å². The molecule has 0 fully saturated rings. The van der Waals surface area contributed by atoms with Gasteiger partial charge in [0.15, 0.2) is 0 Å². The molecule has 2 nitrogen and oxygen atoms in total. The van der Waals surface area contributed by atoms with Gasteiger partial charge in [-0.05, 0) is 67.9 Å². The zero-order chi connectivity index (χ0) is 15.0. The minimum Gasteiger partial charge on any atom is -0.321 e. The van der Waals surface area contributed by atoms with Gasteiger partial charge in [0.2, 0.25) is 0 Å². The van der Waals surface area contributed by atoms with Gasteiger partial charge in [-0.15, -0.1) is 11.3 Å². The fourth-order valence-electron chi connectivity index (χ4n) is 2.87. The van der Waals surface area contributed by atoms with Crippen LogP contribution in [0.25, 0.3) is 0 Å². The summed E-state index contributed by atoms with van der Waals surface area (Å²) < 4.78 is 0. The molecule has 1 aromatic heterocycles. The van der Waals surface area contributed by atoms with Crippen LogP contribution in [0.4, 0.5) is 5.69 Å². The molecule has 1 N–H and O–H groups in total. The largest absolute Gasteiger partial charge is 0.321 e. The van der Waals surface area contributed by atoms with Crippen molar-refractivity contribution in [2.24, 2.45) is 5.92 Å². The van der Waals surface area contributed by atoms with Crippen molar-refractivity contribution in [3.8, 4) is 0 Å². The molecule has 0 saturated carbocycles. The van der Waals surface area contributed by atoms with E-state index >= 15 is 0 Å². The first kappa shape index (κ1) is 14.3. The van der Waals surface area contributed by atoms with Gasteiger partial charge in [-0.3, -0.25) is 4.79 Å². The first-order valence-electron chi connectivity index (χ1n) is 7.53. The maximum absolute atomic E-state index is 12.5. The number of rotatable bonds is 2. The fourth-order valence-corrected chi connectivity index (χ4v) is 3.98. The van der Waals surface area contributed by atoms with Crippen LogP contribution in [-0.2, 0) is 12.8 Å². The number of carbonyl (C=O) groups is 1. The maximum atomic E-state index is 12.5.